The average Bonchev–Trinajstić information content (AvgIpc) is 3.34. The molecule has 1 amide bonds. The van der Waals surface area contributed by atoms with Crippen LogP contribution in [-0.2, 0) is 0 Å². The number of carbonyl (C=O) groups excluding carboxylic acids is 1. The van der Waals surface area contributed by atoms with Gasteiger partial charge in [-0.2, -0.15) is 0 Å². The van der Waals surface area contributed by atoms with Gasteiger partial charge in [-0.1, -0.05) is 47.7 Å². The summed E-state index contributed by atoms with van der Waals surface area (Å²) in [7, 11) is 0. The number of hydrogen-bond donors (Lipinski definition) is 1. The van der Waals surface area contributed by atoms with E-state index in [1.165, 1.54) is 4.68 Å². The smallest absolute Gasteiger partial charge is 0.302 e. The number of aromatic nitrogens is 4. The Morgan fingerprint density at radius 3 is 2.64 bits per heavy atom. The number of anilines is 1. The van der Waals surface area contributed by atoms with Crippen LogP contribution in [-0.4, -0.2) is 25.9 Å². The highest BCUT2D eigenvalue weighted by Gasteiger charge is 2.15. The van der Waals surface area contributed by atoms with Gasteiger partial charge in [0.25, 0.3) is 5.91 Å². The Hall–Kier alpha value is -3.74. The maximum absolute atomic E-state index is 12.6. The topological polar surface area (TPSA) is 85.8 Å². The van der Waals surface area contributed by atoms with Crippen molar-refractivity contribution in [3.63, 3.8) is 0 Å². The monoisotopic (exact) mass is 331 g/mol. The van der Waals surface area contributed by atoms with Crippen molar-refractivity contribution >= 4 is 11.9 Å². The largest absolute Gasteiger partial charge is 0.423 e. The molecule has 0 spiro atoms. The molecule has 0 aliphatic carbocycles. The lowest BCUT2D eigenvalue weighted by molar-refractivity contribution is 0.102. The second-order valence-corrected chi connectivity index (χ2v) is 5.21. The van der Waals surface area contributed by atoms with Gasteiger partial charge >= 0.3 is 6.01 Å². The number of nitrogens with zero attached hydrogens (tertiary/aromatic N) is 4. The highest BCUT2D eigenvalue weighted by Crippen LogP contribution is 2.23. The maximum Gasteiger partial charge on any atom is 0.302 e. The maximum atomic E-state index is 12.6. The fraction of sp³-hybridized carbons (Fsp3) is 0. The lowest BCUT2D eigenvalue weighted by Crippen LogP contribution is -2.15. The lowest BCUT2D eigenvalue weighted by Gasteiger charge is -2.07. The molecule has 4 aromatic rings. The van der Waals surface area contributed by atoms with Gasteiger partial charge in [-0.25, -0.2) is 9.67 Å². The SMILES string of the molecule is O=C(Nc1ncc(-c2ccccc2)o1)c1ccccc1-n1ccnn1. The minimum atomic E-state index is -0.340. The fourth-order valence-electron chi connectivity index (χ4n) is 2.43. The van der Waals surface area contributed by atoms with Crippen molar-refractivity contribution in [1.29, 1.82) is 0 Å². The number of amides is 1. The van der Waals surface area contributed by atoms with E-state index in [4.69, 9.17) is 4.42 Å². The van der Waals surface area contributed by atoms with Gasteiger partial charge in [0.1, 0.15) is 0 Å². The molecule has 0 aliphatic heterocycles. The van der Waals surface area contributed by atoms with Crippen molar-refractivity contribution in [3.8, 4) is 17.0 Å². The molecule has 0 bridgehead atoms. The standard InChI is InChI=1S/C18H13N5O2/c24-17(14-8-4-5-9-15(14)23-11-10-20-22-23)21-18-19-12-16(25-18)13-6-2-1-3-7-13/h1-12H,(H,19,21,24). The zero-order chi connectivity index (χ0) is 17.1. The third-order valence-electron chi connectivity index (χ3n) is 3.60. The molecule has 0 unspecified atom stereocenters. The first-order chi connectivity index (χ1) is 12.3. The molecule has 4 rings (SSSR count). The van der Waals surface area contributed by atoms with Crippen LogP contribution in [0.4, 0.5) is 6.01 Å². The normalized spacial score (nSPS) is 10.6. The summed E-state index contributed by atoms with van der Waals surface area (Å²) in [6.45, 7) is 0. The van der Waals surface area contributed by atoms with Crippen molar-refractivity contribution in [2.24, 2.45) is 0 Å². The Kier molecular flexibility index (Phi) is 3.80. The summed E-state index contributed by atoms with van der Waals surface area (Å²) in [6, 6.07) is 16.8. The van der Waals surface area contributed by atoms with Gasteiger partial charge in [-0.15, -0.1) is 5.10 Å². The van der Waals surface area contributed by atoms with Crippen LogP contribution < -0.4 is 5.32 Å². The van der Waals surface area contributed by atoms with Crippen LogP contribution in [0.1, 0.15) is 10.4 Å². The zero-order valence-electron chi connectivity index (χ0n) is 13.0. The van der Waals surface area contributed by atoms with E-state index in [2.05, 4.69) is 20.6 Å². The molecule has 1 N–H and O–H groups in total. The van der Waals surface area contributed by atoms with E-state index in [-0.39, 0.29) is 11.9 Å². The Morgan fingerprint density at radius 1 is 1.04 bits per heavy atom. The molecule has 0 radical (unpaired) electrons. The van der Waals surface area contributed by atoms with E-state index in [9.17, 15) is 4.79 Å². The molecular formula is C18H13N5O2. The molecule has 0 fully saturated rings. The van der Waals surface area contributed by atoms with Gasteiger partial charge in [0.15, 0.2) is 5.76 Å². The van der Waals surface area contributed by atoms with Crippen LogP contribution in [0.25, 0.3) is 17.0 Å². The Labute approximate surface area is 142 Å². The quantitative estimate of drug-likeness (QED) is 0.621. The van der Waals surface area contributed by atoms with Gasteiger partial charge in [0.05, 0.1) is 29.8 Å². The average molecular weight is 331 g/mol. The van der Waals surface area contributed by atoms with Crippen LogP contribution in [0, 0.1) is 0 Å². The third-order valence-corrected chi connectivity index (χ3v) is 3.60. The number of hydrogen-bond acceptors (Lipinski definition) is 5. The van der Waals surface area contributed by atoms with Crippen LogP contribution >= 0.6 is 0 Å². The van der Waals surface area contributed by atoms with Gasteiger partial charge in [0.2, 0.25) is 0 Å². The first-order valence-electron chi connectivity index (χ1n) is 7.59. The Morgan fingerprint density at radius 2 is 1.84 bits per heavy atom. The summed E-state index contributed by atoms with van der Waals surface area (Å²) in [5.41, 5.74) is 1.94. The zero-order valence-corrected chi connectivity index (χ0v) is 13.0. The van der Waals surface area contributed by atoms with Gasteiger partial charge < -0.3 is 4.42 Å². The lowest BCUT2D eigenvalue weighted by atomic mass is 10.1. The summed E-state index contributed by atoms with van der Waals surface area (Å²) in [4.78, 5) is 16.7. The third kappa shape index (κ3) is 3.02. The first kappa shape index (κ1) is 14.8. The number of rotatable bonds is 4. The van der Waals surface area contributed by atoms with Crippen molar-refractivity contribution < 1.29 is 9.21 Å². The Bertz CT molecular complexity index is 993. The van der Waals surface area contributed by atoms with Crippen molar-refractivity contribution in [2.75, 3.05) is 5.32 Å². The van der Waals surface area contributed by atoms with Gasteiger partial charge in [0, 0.05) is 5.56 Å². The molecule has 25 heavy (non-hydrogen) atoms. The van der Waals surface area contributed by atoms with Gasteiger partial charge in [-0.3, -0.25) is 10.1 Å². The predicted molar refractivity (Wildman–Crippen MR) is 91.3 cm³/mol. The molecule has 0 aliphatic rings. The van der Waals surface area contributed by atoms with Crippen molar-refractivity contribution in [3.05, 3.63) is 78.8 Å². The summed E-state index contributed by atoms with van der Waals surface area (Å²) >= 11 is 0. The van der Waals surface area contributed by atoms with Crippen LogP contribution in [0.2, 0.25) is 0 Å². The second-order valence-electron chi connectivity index (χ2n) is 5.21. The number of nitrogens with one attached hydrogen (secondary N) is 1. The van der Waals surface area contributed by atoms with Crippen molar-refractivity contribution in [2.45, 2.75) is 0 Å². The summed E-state index contributed by atoms with van der Waals surface area (Å²) in [5.74, 6) is 0.244. The molecule has 2 aromatic heterocycles. The van der Waals surface area contributed by atoms with E-state index in [1.807, 2.05) is 36.4 Å². The number of benzene rings is 2. The molecule has 0 atom stereocenters. The van der Waals surface area contributed by atoms with Crippen LogP contribution in [0.3, 0.4) is 0 Å². The van der Waals surface area contributed by atoms with E-state index in [0.717, 1.165) is 5.56 Å². The van der Waals surface area contributed by atoms with E-state index in [1.54, 1.807) is 36.8 Å². The van der Waals surface area contributed by atoms with Gasteiger partial charge in [-0.05, 0) is 12.1 Å². The molecule has 0 saturated heterocycles. The van der Waals surface area contributed by atoms with E-state index >= 15 is 0 Å². The molecule has 7 nitrogen and oxygen atoms in total. The number of carbonyl (C=O) groups is 1. The second kappa shape index (κ2) is 6.40. The highest BCUT2D eigenvalue weighted by atomic mass is 16.4. The van der Waals surface area contributed by atoms with E-state index < -0.39 is 0 Å². The minimum Gasteiger partial charge on any atom is -0.423 e. The highest BCUT2D eigenvalue weighted by molar-refractivity contribution is 6.05. The van der Waals surface area contributed by atoms with Crippen LogP contribution in [0.5, 0.6) is 0 Å². The number of para-hydroxylation sites is 1. The number of oxazole rings is 1. The molecule has 2 heterocycles. The summed E-state index contributed by atoms with van der Waals surface area (Å²) in [6.07, 6.45) is 4.80. The van der Waals surface area contributed by atoms with E-state index in [0.29, 0.717) is 17.0 Å². The fourth-order valence-corrected chi connectivity index (χ4v) is 2.43. The summed E-state index contributed by atoms with van der Waals surface area (Å²) < 4.78 is 7.14. The summed E-state index contributed by atoms with van der Waals surface area (Å²) in [5, 5.41) is 10.4. The van der Waals surface area contributed by atoms with Crippen LogP contribution in [0.15, 0.2) is 77.6 Å². The molecule has 0 saturated carbocycles. The Balaban J connectivity index is 1.59. The molecule has 7 heteroatoms. The molecule has 2 aromatic carbocycles. The molecule has 122 valence electrons. The minimum absolute atomic E-state index is 0.136. The molecular weight excluding hydrogens is 318 g/mol. The first-order valence-corrected chi connectivity index (χ1v) is 7.59. The van der Waals surface area contributed by atoms with Crippen molar-refractivity contribution in [1.82, 2.24) is 20.0 Å². The predicted octanol–water partition coefficient (Wildman–Crippen LogP) is 3.17.